The summed E-state index contributed by atoms with van der Waals surface area (Å²) in [5, 5.41) is 16.9. The molecular formula is C6H9F3O3. The number of aliphatic hydroxyl groups is 1. The Kier molecular flexibility index (Phi) is 2.74. The van der Waals surface area contributed by atoms with Crippen molar-refractivity contribution in [1.82, 2.24) is 0 Å². The van der Waals surface area contributed by atoms with E-state index in [0.29, 0.717) is 0 Å². The molecule has 0 aliphatic heterocycles. The zero-order valence-corrected chi connectivity index (χ0v) is 6.51. The molecule has 0 aromatic rings. The van der Waals surface area contributed by atoms with Crippen LogP contribution in [0.5, 0.6) is 0 Å². The lowest BCUT2D eigenvalue weighted by Crippen LogP contribution is -2.55. The van der Waals surface area contributed by atoms with Crippen LogP contribution in [0, 0.1) is 5.92 Å². The van der Waals surface area contributed by atoms with Crippen molar-refractivity contribution in [2.75, 3.05) is 0 Å². The molecule has 0 unspecified atom stereocenters. The van der Waals surface area contributed by atoms with Gasteiger partial charge in [-0.1, -0.05) is 13.8 Å². The molecule has 0 aliphatic carbocycles. The Balaban J connectivity index is 5.02. The van der Waals surface area contributed by atoms with Gasteiger partial charge in [0.15, 0.2) is 0 Å². The van der Waals surface area contributed by atoms with Crippen molar-refractivity contribution < 1.29 is 28.2 Å². The molecule has 6 heteroatoms. The molecule has 0 radical (unpaired) electrons. The number of carbonyl (C=O) groups is 1. The van der Waals surface area contributed by atoms with Crippen LogP contribution in [0.3, 0.4) is 0 Å². The number of carboxylic acids is 1. The van der Waals surface area contributed by atoms with Gasteiger partial charge in [0.1, 0.15) is 0 Å². The van der Waals surface area contributed by atoms with Gasteiger partial charge in [-0.15, -0.1) is 0 Å². The Labute approximate surface area is 66.8 Å². The molecule has 0 fully saturated rings. The van der Waals surface area contributed by atoms with E-state index in [1.807, 2.05) is 0 Å². The van der Waals surface area contributed by atoms with Crippen LogP contribution in [-0.2, 0) is 4.79 Å². The van der Waals surface area contributed by atoms with E-state index in [9.17, 15) is 18.0 Å². The van der Waals surface area contributed by atoms with Crippen molar-refractivity contribution in [3.63, 3.8) is 0 Å². The van der Waals surface area contributed by atoms with Crippen LogP contribution in [0.15, 0.2) is 0 Å². The highest BCUT2D eigenvalue weighted by Crippen LogP contribution is 2.36. The first-order chi connectivity index (χ1) is 5.14. The second-order valence-electron chi connectivity index (χ2n) is 2.72. The largest absolute Gasteiger partial charge is 0.479 e. The van der Waals surface area contributed by atoms with Gasteiger partial charge >= 0.3 is 12.1 Å². The summed E-state index contributed by atoms with van der Waals surface area (Å²) >= 11 is 0. The minimum absolute atomic E-state index is 0.988. The number of hydrogen-bond donors (Lipinski definition) is 2. The Morgan fingerprint density at radius 3 is 1.67 bits per heavy atom. The van der Waals surface area contributed by atoms with Gasteiger partial charge in [-0.3, -0.25) is 0 Å². The maximum Gasteiger partial charge on any atom is 0.428 e. The predicted octanol–water partition coefficient (Wildman–Crippen LogP) is 1.02. The lowest BCUT2D eigenvalue weighted by atomic mass is 9.90. The summed E-state index contributed by atoms with van der Waals surface area (Å²) < 4.78 is 35.9. The molecule has 2 N–H and O–H groups in total. The highest BCUT2D eigenvalue weighted by atomic mass is 19.4. The first-order valence-electron chi connectivity index (χ1n) is 3.16. The fraction of sp³-hybridized carbons (Fsp3) is 0.833. The minimum atomic E-state index is -5.15. The Bertz CT molecular complexity index is 187. The lowest BCUT2D eigenvalue weighted by molar-refractivity contribution is -0.272. The number of halogens is 3. The second-order valence-corrected chi connectivity index (χ2v) is 2.72. The zero-order valence-electron chi connectivity index (χ0n) is 6.51. The highest BCUT2D eigenvalue weighted by molar-refractivity contribution is 5.78. The van der Waals surface area contributed by atoms with Gasteiger partial charge in [0.05, 0.1) is 0 Å². The molecule has 0 aliphatic rings. The molecule has 72 valence electrons. The van der Waals surface area contributed by atoms with Crippen LogP contribution in [0.25, 0.3) is 0 Å². The number of hydrogen-bond acceptors (Lipinski definition) is 2. The molecule has 0 bridgehead atoms. The monoisotopic (exact) mass is 186 g/mol. The topological polar surface area (TPSA) is 57.5 Å². The standard InChI is InChI=1S/C6H9F3O3/c1-3(2)5(12,4(10)11)6(7,8)9/h3,12H,1-2H3,(H,10,11)/t5-/m0/s1. The van der Waals surface area contributed by atoms with Gasteiger partial charge in [0, 0.05) is 5.92 Å². The van der Waals surface area contributed by atoms with Crippen LogP contribution in [0.2, 0.25) is 0 Å². The summed E-state index contributed by atoms with van der Waals surface area (Å²) in [6.07, 6.45) is -5.15. The van der Waals surface area contributed by atoms with E-state index in [1.54, 1.807) is 0 Å². The van der Waals surface area contributed by atoms with Crippen LogP contribution in [-0.4, -0.2) is 28.0 Å². The zero-order chi connectivity index (χ0) is 10.2. The number of aliphatic carboxylic acids is 1. The smallest absolute Gasteiger partial charge is 0.428 e. The van der Waals surface area contributed by atoms with Crippen molar-refractivity contribution in [3.8, 4) is 0 Å². The number of alkyl halides is 3. The van der Waals surface area contributed by atoms with Crippen LogP contribution < -0.4 is 0 Å². The number of rotatable bonds is 2. The number of carboxylic acid groups (broad SMARTS) is 1. The quantitative estimate of drug-likeness (QED) is 0.676. The Morgan fingerprint density at radius 1 is 1.33 bits per heavy atom. The summed E-state index contributed by atoms with van der Waals surface area (Å²) in [6, 6.07) is 0. The van der Waals surface area contributed by atoms with Crippen molar-refractivity contribution in [2.45, 2.75) is 25.6 Å². The minimum Gasteiger partial charge on any atom is -0.479 e. The third-order valence-corrected chi connectivity index (χ3v) is 1.59. The molecule has 12 heavy (non-hydrogen) atoms. The molecule has 0 aromatic heterocycles. The van der Waals surface area contributed by atoms with Crippen LogP contribution >= 0.6 is 0 Å². The third-order valence-electron chi connectivity index (χ3n) is 1.59. The first kappa shape index (κ1) is 11.2. The molecule has 0 spiro atoms. The molecule has 0 saturated carbocycles. The van der Waals surface area contributed by atoms with Crippen LogP contribution in [0.4, 0.5) is 13.2 Å². The Hall–Kier alpha value is -0.780. The van der Waals surface area contributed by atoms with E-state index in [2.05, 4.69) is 0 Å². The average Bonchev–Trinajstić information content (AvgIpc) is 1.82. The summed E-state index contributed by atoms with van der Waals surface area (Å²) in [4.78, 5) is 10.1. The van der Waals surface area contributed by atoms with E-state index in [0.717, 1.165) is 13.8 Å². The normalized spacial score (nSPS) is 17.6. The molecule has 0 amide bonds. The van der Waals surface area contributed by atoms with Gasteiger partial charge in [-0.05, 0) is 0 Å². The van der Waals surface area contributed by atoms with Gasteiger partial charge in [0.25, 0.3) is 5.60 Å². The fourth-order valence-corrected chi connectivity index (χ4v) is 0.696. The van der Waals surface area contributed by atoms with E-state index in [-0.39, 0.29) is 0 Å². The Morgan fingerprint density at radius 2 is 1.67 bits per heavy atom. The SMILES string of the molecule is CC(C)[C@](O)(C(=O)O)C(F)(F)F. The van der Waals surface area contributed by atoms with Gasteiger partial charge in [-0.25, -0.2) is 4.79 Å². The van der Waals surface area contributed by atoms with Gasteiger partial charge in [-0.2, -0.15) is 13.2 Å². The first-order valence-corrected chi connectivity index (χ1v) is 3.16. The molecule has 3 nitrogen and oxygen atoms in total. The predicted molar refractivity (Wildman–Crippen MR) is 33.5 cm³/mol. The van der Waals surface area contributed by atoms with Crippen molar-refractivity contribution in [1.29, 1.82) is 0 Å². The maximum absolute atomic E-state index is 12.0. The molecular weight excluding hydrogens is 177 g/mol. The summed E-state index contributed by atoms with van der Waals surface area (Å²) in [6.45, 7) is 1.98. The lowest BCUT2D eigenvalue weighted by Gasteiger charge is -2.29. The van der Waals surface area contributed by atoms with E-state index >= 15 is 0 Å². The second kappa shape index (κ2) is 2.93. The van der Waals surface area contributed by atoms with Gasteiger partial charge in [0.2, 0.25) is 0 Å². The average molecular weight is 186 g/mol. The van der Waals surface area contributed by atoms with Crippen molar-refractivity contribution in [3.05, 3.63) is 0 Å². The maximum atomic E-state index is 12.0. The molecule has 0 aromatic carbocycles. The molecule has 0 rings (SSSR count). The molecule has 0 heterocycles. The summed E-state index contributed by atoms with van der Waals surface area (Å²) in [7, 11) is 0. The molecule has 1 atom stereocenters. The van der Waals surface area contributed by atoms with E-state index in [4.69, 9.17) is 10.2 Å². The fourth-order valence-electron chi connectivity index (χ4n) is 0.696. The van der Waals surface area contributed by atoms with Crippen molar-refractivity contribution in [2.24, 2.45) is 5.92 Å². The molecule has 0 saturated heterocycles. The van der Waals surface area contributed by atoms with Crippen LogP contribution in [0.1, 0.15) is 13.8 Å². The van der Waals surface area contributed by atoms with Crippen molar-refractivity contribution >= 4 is 5.97 Å². The summed E-state index contributed by atoms with van der Waals surface area (Å²) in [5.74, 6) is -3.69. The van der Waals surface area contributed by atoms with E-state index in [1.165, 1.54) is 0 Å². The van der Waals surface area contributed by atoms with E-state index < -0.39 is 23.7 Å². The summed E-state index contributed by atoms with van der Waals surface area (Å²) in [5.41, 5.74) is -3.65. The third kappa shape index (κ3) is 1.52. The van der Waals surface area contributed by atoms with Gasteiger partial charge < -0.3 is 10.2 Å². The highest BCUT2D eigenvalue weighted by Gasteiger charge is 2.61.